The van der Waals surface area contributed by atoms with Crippen molar-refractivity contribution in [2.24, 2.45) is 0 Å². The van der Waals surface area contributed by atoms with Gasteiger partial charge in [-0.1, -0.05) is 0 Å². The van der Waals surface area contributed by atoms with Gasteiger partial charge in [0.05, 0.1) is 26.9 Å². The largest absolute Gasteiger partial charge is 0.493 e. The van der Waals surface area contributed by atoms with Gasteiger partial charge in [0, 0.05) is 11.3 Å². The van der Waals surface area contributed by atoms with Crippen LogP contribution in [0.2, 0.25) is 0 Å². The molecule has 26 heavy (non-hydrogen) atoms. The lowest BCUT2D eigenvalue weighted by Crippen LogP contribution is -2.12. The van der Waals surface area contributed by atoms with Crippen molar-refractivity contribution in [3.63, 3.8) is 0 Å². The van der Waals surface area contributed by atoms with E-state index < -0.39 is 0 Å². The Hall–Kier alpha value is -2.72. The standard InChI is InChI=1S/C19H22N2O4S/c1-11-12(2)26-19(14(11)10-20)21-17(22)7-6-13-8-15(23-3)18(25-5)16(9-13)24-4/h8-9H,6-7H2,1-5H3,(H,21,22). The van der Waals surface area contributed by atoms with Crippen LogP contribution in [-0.4, -0.2) is 27.2 Å². The molecule has 0 aliphatic rings. The summed E-state index contributed by atoms with van der Waals surface area (Å²) in [5, 5.41) is 12.7. The van der Waals surface area contributed by atoms with Gasteiger partial charge in [0.15, 0.2) is 11.5 Å². The maximum Gasteiger partial charge on any atom is 0.225 e. The Labute approximate surface area is 157 Å². The van der Waals surface area contributed by atoms with Crippen LogP contribution in [0.4, 0.5) is 5.00 Å². The Balaban J connectivity index is 2.10. The van der Waals surface area contributed by atoms with Gasteiger partial charge in [0.2, 0.25) is 11.7 Å². The van der Waals surface area contributed by atoms with Crippen molar-refractivity contribution in [3.8, 4) is 23.3 Å². The fourth-order valence-electron chi connectivity index (χ4n) is 2.58. The third-order valence-electron chi connectivity index (χ3n) is 4.12. The number of nitrogens with zero attached hydrogens (tertiary/aromatic N) is 1. The van der Waals surface area contributed by atoms with E-state index in [1.807, 2.05) is 26.0 Å². The van der Waals surface area contributed by atoms with Crippen molar-refractivity contribution in [2.75, 3.05) is 26.6 Å². The zero-order chi connectivity index (χ0) is 19.3. The number of anilines is 1. The number of carbonyl (C=O) groups is 1. The molecular weight excluding hydrogens is 352 g/mol. The Morgan fingerprint density at radius 3 is 2.27 bits per heavy atom. The van der Waals surface area contributed by atoms with E-state index in [1.54, 1.807) is 21.3 Å². The van der Waals surface area contributed by atoms with Crippen LogP contribution in [0.15, 0.2) is 12.1 Å². The van der Waals surface area contributed by atoms with Crippen molar-refractivity contribution in [1.82, 2.24) is 0 Å². The molecule has 0 saturated carbocycles. The number of methoxy groups -OCH3 is 3. The van der Waals surface area contributed by atoms with Crippen LogP contribution < -0.4 is 19.5 Å². The first-order chi connectivity index (χ1) is 12.4. The first kappa shape index (κ1) is 19.6. The number of benzene rings is 1. The van der Waals surface area contributed by atoms with Crippen LogP contribution >= 0.6 is 11.3 Å². The predicted octanol–water partition coefficient (Wildman–Crippen LogP) is 3.83. The summed E-state index contributed by atoms with van der Waals surface area (Å²) >= 11 is 1.42. The molecule has 0 radical (unpaired) electrons. The Kier molecular flexibility index (Phi) is 6.47. The number of hydrogen-bond donors (Lipinski definition) is 1. The van der Waals surface area contributed by atoms with Crippen LogP contribution in [0.1, 0.15) is 28.0 Å². The number of amides is 1. The van der Waals surface area contributed by atoms with Gasteiger partial charge in [-0.3, -0.25) is 4.79 Å². The average Bonchev–Trinajstić information content (AvgIpc) is 2.91. The molecule has 0 atom stereocenters. The summed E-state index contributed by atoms with van der Waals surface area (Å²) in [6, 6.07) is 5.81. The minimum absolute atomic E-state index is 0.142. The molecule has 0 bridgehead atoms. The SMILES string of the molecule is COc1cc(CCC(=O)Nc2sc(C)c(C)c2C#N)cc(OC)c1OC. The second-order valence-corrected chi connectivity index (χ2v) is 6.91. The lowest BCUT2D eigenvalue weighted by Gasteiger charge is -2.14. The van der Waals surface area contributed by atoms with Gasteiger partial charge in [0.25, 0.3) is 0 Å². The molecule has 1 N–H and O–H groups in total. The van der Waals surface area contributed by atoms with Gasteiger partial charge in [-0.2, -0.15) is 5.26 Å². The minimum atomic E-state index is -0.142. The second kappa shape index (κ2) is 8.59. The van der Waals surface area contributed by atoms with Crippen molar-refractivity contribution >= 4 is 22.2 Å². The Morgan fingerprint density at radius 1 is 1.15 bits per heavy atom. The quantitative estimate of drug-likeness (QED) is 0.796. The lowest BCUT2D eigenvalue weighted by atomic mass is 10.1. The molecule has 0 spiro atoms. The van der Waals surface area contributed by atoms with E-state index in [9.17, 15) is 10.1 Å². The van der Waals surface area contributed by atoms with Gasteiger partial charge in [-0.25, -0.2) is 0 Å². The fourth-order valence-corrected chi connectivity index (χ4v) is 3.60. The van der Waals surface area contributed by atoms with Crippen molar-refractivity contribution in [1.29, 1.82) is 5.26 Å². The monoisotopic (exact) mass is 374 g/mol. The highest BCUT2D eigenvalue weighted by Gasteiger charge is 2.16. The maximum atomic E-state index is 12.3. The van der Waals surface area contributed by atoms with Crippen LogP contribution in [0.25, 0.3) is 0 Å². The topological polar surface area (TPSA) is 80.6 Å². The molecule has 0 aliphatic carbocycles. The Morgan fingerprint density at radius 2 is 1.77 bits per heavy atom. The summed E-state index contributed by atoms with van der Waals surface area (Å²) in [5.41, 5.74) is 2.35. The first-order valence-corrected chi connectivity index (χ1v) is 8.85. The molecule has 138 valence electrons. The van der Waals surface area contributed by atoms with E-state index in [1.165, 1.54) is 11.3 Å². The smallest absolute Gasteiger partial charge is 0.225 e. The highest BCUT2D eigenvalue weighted by molar-refractivity contribution is 7.16. The van der Waals surface area contributed by atoms with Gasteiger partial charge in [-0.05, 0) is 43.5 Å². The number of nitriles is 1. The molecule has 1 aromatic heterocycles. The molecule has 2 aromatic rings. The summed E-state index contributed by atoms with van der Waals surface area (Å²) in [4.78, 5) is 13.3. The molecule has 7 heteroatoms. The van der Waals surface area contributed by atoms with E-state index in [-0.39, 0.29) is 12.3 Å². The zero-order valence-electron chi connectivity index (χ0n) is 15.6. The lowest BCUT2D eigenvalue weighted by molar-refractivity contribution is -0.116. The van der Waals surface area contributed by atoms with E-state index in [4.69, 9.17) is 14.2 Å². The molecular formula is C19H22N2O4S. The van der Waals surface area contributed by atoms with Gasteiger partial charge < -0.3 is 19.5 Å². The van der Waals surface area contributed by atoms with E-state index in [0.717, 1.165) is 16.0 Å². The summed E-state index contributed by atoms with van der Waals surface area (Å²) in [7, 11) is 4.66. The molecule has 6 nitrogen and oxygen atoms in total. The van der Waals surface area contributed by atoms with Crippen molar-refractivity contribution in [2.45, 2.75) is 26.7 Å². The third-order valence-corrected chi connectivity index (χ3v) is 5.24. The van der Waals surface area contributed by atoms with Gasteiger partial charge >= 0.3 is 0 Å². The molecule has 0 unspecified atom stereocenters. The summed E-state index contributed by atoms with van der Waals surface area (Å²) < 4.78 is 16.0. The molecule has 1 amide bonds. The average molecular weight is 374 g/mol. The number of hydrogen-bond acceptors (Lipinski definition) is 6. The van der Waals surface area contributed by atoms with Crippen molar-refractivity contribution in [3.05, 3.63) is 33.7 Å². The normalized spacial score (nSPS) is 10.2. The summed E-state index contributed by atoms with van der Waals surface area (Å²) in [5.74, 6) is 1.49. The highest BCUT2D eigenvalue weighted by atomic mass is 32.1. The van der Waals surface area contributed by atoms with Gasteiger partial charge in [-0.15, -0.1) is 11.3 Å². The number of rotatable bonds is 7. The zero-order valence-corrected chi connectivity index (χ0v) is 16.4. The number of aryl methyl sites for hydroxylation is 2. The molecule has 2 rings (SSSR count). The van der Waals surface area contributed by atoms with E-state index in [2.05, 4.69) is 11.4 Å². The van der Waals surface area contributed by atoms with Crippen LogP contribution in [0, 0.1) is 25.2 Å². The number of carbonyl (C=O) groups excluding carboxylic acids is 1. The van der Waals surface area contributed by atoms with Crippen LogP contribution in [0.3, 0.4) is 0 Å². The third kappa shape index (κ3) is 4.09. The van der Waals surface area contributed by atoms with Gasteiger partial charge in [0.1, 0.15) is 11.1 Å². The minimum Gasteiger partial charge on any atom is -0.493 e. The fraction of sp³-hybridized carbons (Fsp3) is 0.368. The molecule has 0 fully saturated rings. The Bertz CT molecular complexity index is 827. The highest BCUT2D eigenvalue weighted by Crippen LogP contribution is 2.38. The van der Waals surface area contributed by atoms with Crippen LogP contribution in [-0.2, 0) is 11.2 Å². The second-order valence-electron chi connectivity index (χ2n) is 5.68. The van der Waals surface area contributed by atoms with E-state index in [0.29, 0.717) is 34.2 Å². The summed E-state index contributed by atoms with van der Waals surface area (Å²) in [6.45, 7) is 3.82. The number of nitrogens with one attached hydrogen (secondary N) is 1. The molecule has 1 aromatic carbocycles. The van der Waals surface area contributed by atoms with Crippen molar-refractivity contribution < 1.29 is 19.0 Å². The summed E-state index contributed by atoms with van der Waals surface area (Å²) in [6.07, 6.45) is 0.785. The number of ether oxygens (including phenoxy) is 3. The molecule has 0 saturated heterocycles. The maximum absolute atomic E-state index is 12.3. The molecule has 0 aliphatic heterocycles. The van der Waals surface area contributed by atoms with E-state index >= 15 is 0 Å². The van der Waals surface area contributed by atoms with Crippen LogP contribution in [0.5, 0.6) is 17.2 Å². The number of thiophene rings is 1. The molecule has 1 heterocycles. The predicted molar refractivity (Wildman–Crippen MR) is 102 cm³/mol. The first-order valence-electron chi connectivity index (χ1n) is 8.03.